The molecule has 10 heteroatoms. The molecule has 1 fully saturated rings. The third-order valence-corrected chi connectivity index (χ3v) is 7.46. The van der Waals surface area contributed by atoms with E-state index in [4.69, 9.17) is 9.47 Å². The number of ether oxygens (including phenoxy) is 2. The quantitative estimate of drug-likeness (QED) is 0.551. The first-order valence-corrected chi connectivity index (χ1v) is 11.9. The lowest BCUT2D eigenvalue weighted by Gasteiger charge is -2.22. The normalized spacial score (nSPS) is 18.7. The number of carbonyl (C=O) groups excluding carboxylic acids is 2. The second kappa shape index (κ2) is 10.3. The van der Waals surface area contributed by atoms with Crippen molar-refractivity contribution in [1.29, 1.82) is 0 Å². The molecule has 9 nitrogen and oxygen atoms in total. The number of hydrogen-bond donors (Lipinski definition) is 2. The van der Waals surface area contributed by atoms with Gasteiger partial charge in [-0.15, -0.1) is 0 Å². The molecule has 33 heavy (non-hydrogen) atoms. The van der Waals surface area contributed by atoms with Gasteiger partial charge in [0.2, 0.25) is 10.0 Å². The van der Waals surface area contributed by atoms with Crippen LogP contribution in [0.3, 0.4) is 0 Å². The number of esters is 1. The van der Waals surface area contributed by atoms with Crippen LogP contribution >= 0.6 is 0 Å². The van der Waals surface area contributed by atoms with Gasteiger partial charge in [-0.2, -0.15) is 4.31 Å². The number of aryl methyl sites for hydroxylation is 2. The van der Waals surface area contributed by atoms with E-state index in [2.05, 4.69) is 5.32 Å². The number of β-amino-alcohol motifs (C(OH)–C–C–N with tert-alkyl or cyclic N) is 1. The Morgan fingerprint density at radius 2 is 1.82 bits per heavy atom. The fraction of sp³-hybridized carbons (Fsp3) is 0.391. The molecule has 1 aliphatic heterocycles. The zero-order valence-corrected chi connectivity index (χ0v) is 19.6. The number of nitrogens with one attached hydrogen (secondary N) is 1. The Morgan fingerprint density at radius 1 is 1.12 bits per heavy atom. The van der Waals surface area contributed by atoms with E-state index in [1.165, 1.54) is 12.1 Å². The number of rotatable bonds is 8. The summed E-state index contributed by atoms with van der Waals surface area (Å²) in [6, 6.07) is 10.6. The molecule has 0 spiro atoms. The summed E-state index contributed by atoms with van der Waals surface area (Å²) < 4.78 is 37.3. The summed E-state index contributed by atoms with van der Waals surface area (Å²) in [7, 11) is -2.48. The summed E-state index contributed by atoms with van der Waals surface area (Å²) in [4.78, 5) is 24.8. The average Bonchev–Trinajstić information content (AvgIpc) is 3.20. The highest BCUT2D eigenvalue weighted by Gasteiger charge is 2.44. The van der Waals surface area contributed by atoms with E-state index in [1.54, 1.807) is 44.4 Å². The number of nitrogens with zero attached hydrogens (tertiary/aromatic N) is 1. The summed E-state index contributed by atoms with van der Waals surface area (Å²) in [5.74, 6) is -0.710. The maximum Gasteiger partial charge on any atom is 0.325 e. The van der Waals surface area contributed by atoms with Crippen LogP contribution in [0.4, 0.5) is 0 Å². The molecule has 3 rings (SSSR count). The maximum absolute atomic E-state index is 13.1. The number of benzene rings is 2. The molecule has 1 aliphatic rings. The third kappa shape index (κ3) is 5.89. The van der Waals surface area contributed by atoms with Crippen LogP contribution in [-0.2, 0) is 30.9 Å². The van der Waals surface area contributed by atoms with Crippen LogP contribution in [0.2, 0.25) is 0 Å². The predicted molar refractivity (Wildman–Crippen MR) is 120 cm³/mol. The van der Waals surface area contributed by atoms with Gasteiger partial charge >= 0.3 is 5.97 Å². The Kier molecular flexibility index (Phi) is 7.72. The fourth-order valence-corrected chi connectivity index (χ4v) is 5.21. The molecule has 2 atom stereocenters. The van der Waals surface area contributed by atoms with Crippen LogP contribution in [0.1, 0.15) is 23.1 Å². The molecule has 2 aromatic rings. The number of aliphatic hydroxyl groups is 1. The molecule has 2 aromatic carbocycles. The lowest BCUT2D eigenvalue weighted by molar-refractivity contribution is -0.151. The summed E-state index contributed by atoms with van der Waals surface area (Å²) >= 11 is 0. The van der Waals surface area contributed by atoms with Gasteiger partial charge in [-0.05, 0) is 54.8 Å². The summed E-state index contributed by atoms with van der Waals surface area (Å²) in [6.07, 6.45) is -1.11. The van der Waals surface area contributed by atoms with Gasteiger partial charge in [0.1, 0.15) is 11.8 Å². The van der Waals surface area contributed by atoms with Gasteiger partial charge in [-0.3, -0.25) is 9.59 Å². The largest absolute Gasteiger partial charge is 0.497 e. The van der Waals surface area contributed by atoms with Gasteiger partial charge in [-0.1, -0.05) is 18.2 Å². The lowest BCUT2D eigenvalue weighted by Crippen LogP contribution is -2.42. The van der Waals surface area contributed by atoms with E-state index in [9.17, 15) is 23.1 Å². The minimum atomic E-state index is -4.03. The standard InChI is InChI=1S/C23H28N2O7S/c1-15-4-9-20(10-16(15)2)33(29,30)25-13-18(26)11-21(25)23(28)32-14-22(27)24-12-17-5-7-19(31-3)8-6-17/h4-10,18,21,26H,11-14H2,1-3H3,(H,24,27)/t18?,21-/m0/s1. The number of methoxy groups -OCH3 is 1. The zero-order chi connectivity index (χ0) is 24.2. The van der Waals surface area contributed by atoms with Crippen LogP contribution < -0.4 is 10.1 Å². The number of carbonyl (C=O) groups is 2. The Balaban J connectivity index is 1.60. The monoisotopic (exact) mass is 476 g/mol. The highest BCUT2D eigenvalue weighted by Crippen LogP contribution is 2.28. The molecule has 1 heterocycles. The Bertz CT molecular complexity index is 1120. The van der Waals surface area contributed by atoms with Crippen LogP contribution in [0, 0.1) is 13.8 Å². The van der Waals surface area contributed by atoms with E-state index in [-0.39, 0.29) is 24.4 Å². The van der Waals surface area contributed by atoms with E-state index in [1.807, 2.05) is 6.92 Å². The Hall–Kier alpha value is -2.95. The molecule has 0 radical (unpaired) electrons. The van der Waals surface area contributed by atoms with Crippen molar-refractivity contribution in [2.75, 3.05) is 20.3 Å². The second-order valence-electron chi connectivity index (χ2n) is 7.96. The van der Waals surface area contributed by atoms with Crippen LogP contribution in [-0.4, -0.2) is 62.1 Å². The van der Waals surface area contributed by atoms with Crippen molar-refractivity contribution in [3.8, 4) is 5.75 Å². The molecule has 1 saturated heterocycles. The van der Waals surface area contributed by atoms with E-state index in [0.29, 0.717) is 5.75 Å². The molecule has 0 saturated carbocycles. The van der Waals surface area contributed by atoms with Crippen molar-refractivity contribution in [3.05, 3.63) is 59.2 Å². The van der Waals surface area contributed by atoms with Crippen molar-refractivity contribution < 1.29 is 32.6 Å². The number of aliphatic hydroxyl groups excluding tert-OH is 1. The zero-order valence-electron chi connectivity index (χ0n) is 18.8. The summed E-state index contributed by atoms with van der Waals surface area (Å²) in [5.41, 5.74) is 2.57. The van der Waals surface area contributed by atoms with Gasteiger partial charge < -0.3 is 19.9 Å². The molecule has 178 valence electrons. The topological polar surface area (TPSA) is 122 Å². The molecule has 0 aliphatic carbocycles. The van der Waals surface area contributed by atoms with Crippen molar-refractivity contribution in [1.82, 2.24) is 9.62 Å². The average molecular weight is 477 g/mol. The molecular weight excluding hydrogens is 448 g/mol. The summed E-state index contributed by atoms with van der Waals surface area (Å²) in [5, 5.41) is 12.7. The van der Waals surface area contributed by atoms with Gasteiger partial charge in [0.15, 0.2) is 6.61 Å². The predicted octanol–water partition coefficient (Wildman–Crippen LogP) is 1.30. The second-order valence-corrected chi connectivity index (χ2v) is 9.85. The highest BCUT2D eigenvalue weighted by molar-refractivity contribution is 7.89. The molecule has 0 bridgehead atoms. The smallest absolute Gasteiger partial charge is 0.325 e. The van der Waals surface area contributed by atoms with Crippen LogP contribution in [0.15, 0.2) is 47.4 Å². The van der Waals surface area contributed by atoms with Crippen molar-refractivity contribution in [2.45, 2.75) is 43.9 Å². The van der Waals surface area contributed by atoms with Gasteiger partial charge in [0.25, 0.3) is 5.91 Å². The third-order valence-electron chi connectivity index (χ3n) is 5.58. The Labute approximate surface area is 193 Å². The summed E-state index contributed by atoms with van der Waals surface area (Å²) in [6.45, 7) is 3.11. The highest BCUT2D eigenvalue weighted by atomic mass is 32.2. The van der Waals surface area contributed by atoms with Crippen LogP contribution in [0.25, 0.3) is 0 Å². The molecule has 0 aromatic heterocycles. The first-order chi connectivity index (χ1) is 15.6. The minimum absolute atomic E-state index is 0.0368. The van der Waals surface area contributed by atoms with Crippen LogP contribution in [0.5, 0.6) is 5.75 Å². The van der Waals surface area contributed by atoms with Gasteiger partial charge in [-0.25, -0.2) is 8.42 Å². The fourth-order valence-electron chi connectivity index (χ4n) is 3.50. The molecule has 1 unspecified atom stereocenters. The lowest BCUT2D eigenvalue weighted by atomic mass is 10.1. The number of hydrogen-bond acceptors (Lipinski definition) is 7. The van der Waals surface area contributed by atoms with Crippen molar-refractivity contribution in [3.63, 3.8) is 0 Å². The minimum Gasteiger partial charge on any atom is -0.497 e. The van der Waals surface area contributed by atoms with E-state index in [0.717, 1.165) is 21.0 Å². The molecule has 2 N–H and O–H groups in total. The molecule has 1 amide bonds. The first kappa shape index (κ1) is 24.7. The molecular formula is C23H28N2O7S. The Morgan fingerprint density at radius 3 is 2.45 bits per heavy atom. The van der Waals surface area contributed by atoms with Crippen molar-refractivity contribution >= 4 is 21.9 Å². The van der Waals surface area contributed by atoms with Gasteiger partial charge in [0.05, 0.1) is 18.1 Å². The van der Waals surface area contributed by atoms with Crippen molar-refractivity contribution in [2.24, 2.45) is 0 Å². The maximum atomic E-state index is 13.1. The number of sulfonamides is 1. The SMILES string of the molecule is COc1ccc(CNC(=O)COC(=O)[C@@H]2CC(O)CN2S(=O)(=O)c2ccc(C)c(C)c2)cc1. The first-order valence-electron chi connectivity index (χ1n) is 10.4. The van der Waals surface area contributed by atoms with E-state index >= 15 is 0 Å². The number of amides is 1. The van der Waals surface area contributed by atoms with Gasteiger partial charge in [0, 0.05) is 19.5 Å². The van der Waals surface area contributed by atoms with E-state index < -0.39 is 40.7 Å².